The van der Waals surface area contributed by atoms with Crippen molar-refractivity contribution in [3.05, 3.63) is 86.2 Å². The molecule has 10 heteroatoms. The number of rotatable bonds is 9. The van der Waals surface area contributed by atoms with Crippen LogP contribution in [0.3, 0.4) is 0 Å². The Bertz CT molecular complexity index is 1380. The molecule has 0 aliphatic carbocycles. The van der Waals surface area contributed by atoms with E-state index in [0.29, 0.717) is 33.8 Å². The van der Waals surface area contributed by atoms with Gasteiger partial charge in [-0.2, -0.15) is 0 Å². The molecule has 0 spiro atoms. The molecule has 0 bridgehead atoms. The zero-order chi connectivity index (χ0) is 26.6. The van der Waals surface area contributed by atoms with Crippen LogP contribution in [0.5, 0.6) is 5.75 Å². The van der Waals surface area contributed by atoms with E-state index in [4.69, 9.17) is 21.7 Å². The maximum atomic E-state index is 14.1. The number of pyridine rings is 3. The van der Waals surface area contributed by atoms with Crippen molar-refractivity contribution < 1.29 is 14.2 Å². The summed E-state index contributed by atoms with van der Waals surface area (Å²) in [7, 11) is 0. The van der Waals surface area contributed by atoms with E-state index in [1.54, 1.807) is 38.4 Å². The molecule has 8 nitrogen and oxygen atoms in total. The van der Waals surface area contributed by atoms with Gasteiger partial charge in [0.2, 0.25) is 0 Å². The van der Waals surface area contributed by atoms with Crippen LogP contribution in [0.15, 0.2) is 41.6 Å². The molecule has 0 saturated carbocycles. The van der Waals surface area contributed by atoms with Crippen molar-refractivity contribution in [1.82, 2.24) is 19.9 Å². The van der Waals surface area contributed by atoms with E-state index in [1.165, 1.54) is 16.8 Å². The van der Waals surface area contributed by atoms with E-state index < -0.39 is 16.9 Å². The van der Waals surface area contributed by atoms with Crippen molar-refractivity contribution in [3.8, 4) is 11.4 Å². The van der Waals surface area contributed by atoms with Crippen LogP contribution < -0.4 is 15.6 Å². The molecule has 0 aliphatic rings. The van der Waals surface area contributed by atoms with Crippen molar-refractivity contribution in [1.29, 1.82) is 5.41 Å². The second kappa shape index (κ2) is 11.0. The minimum absolute atomic E-state index is 0.102. The van der Waals surface area contributed by atoms with Gasteiger partial charge in [-0.3, -0.25) is 19.3 Å². The third-order valence-corrected chi connectivity index (χ3v) is 5.85. The molecule has 3 heterocycles. The molecule has 0 radical (unpaired) electrons. The van der Waals surface area contributed by atoms with Crippen molar-refractivity contribution in [3.63, 3.8) is 0 Å². The highest BCUT2D eigenvalue weighted by Crippen LogP contribution is 2.26. The van der Waals surface area contributed by atoms with Crippen molar-refractivity contribution in [2.45, 2.75) is 46.8 Å². The maximum absolute atomic E-state index is 14.1. The van der Waals surface area contributed by atoms with Crippen molar-refractivity contribution >= 4 is 23.4 Å². The Balaban J connectivity index is 1.99. The largest absolute Gasteiger partial charge is 0.485 e. The molecule has 0 aromatic carbocycles. The first kappa shape index (κ1) is 27.0. The van der Waals surface area contributed by atoms with Gasteiger partial charge < -0.3 is 20.6 Å². The van der Waals surface area contributed by atoms with Crippen LogP contribution in [0, 0.1) is 32.0 Å². The number of aliphatic hydroxyl groups is 1. The van der Waals surface area contributed by atoms with Gasteiger partial charge in [-0.1, -0.05) is 11.6 Å². The number of halogens is 2. The van der Waals surface area contributed by atoms with Gasteiger partial charge in [0.1, 0.15) is 28.9 Å². The van der Waals surface area contributed by atoms with Gasteiger partial charge in [0.05, 0.1) is 23.5 Å². The molecule has 3 rings (SSSR count). The topological polar surface area (TPSA) is 113 Å². The third kappa shape index (κ3) is 5.98. The number of allylic oxidation sites excluding steroid dienone is 1. The second-order valence-electron chi connectivity index (χ2n) is 9.12. The number of aryl methyl sites for hydroxylation is 3. The Morgan fingerprint density at radius 1 is 1.25 bits per heavy atom. The van der Waals surface area contributed by atoms with E-state index in [2.05, 4.69) is 15.3 Å². The third-order valence-electron chi connectivity index (χ3n) is 5.50. The van der Waals surface area contributed by atoms with Gasteiger partial charge in [0, 0.05) is 42.1 Å². The van der Waals surface area contributed by atoms with Crippen LogP contribution in [0.25, 0.3) is 11.3 Å². The summed E-state index contributed by atoms with van der Waals surface area (Å²) in [4.78, 5) is 21.7. The minimum Gasteiger partial charge on any atom is -0.485 e. The Labute approximate surface area is 214 Å². The first-order valence-electron chi connectivity index (χ1n) is 11.2. The first-order valence-corrected chi connectivity index (χ1v) is 11.6. The summed E-state index contributed by atoms with van der Waals surface area (Å²) in [5, 5.41) is 20.2. The Hall–Kier alpha value is -3.56. The minimum atomic E-state index is -0.588. The number of aliphatic hydroxyl groups excluding tert-OH is 1. The highest BCUT2D eigenvalue weighted by Gasteiger charge is 2.18. The van der Waals surface area contributed by atoms with E-state index >= 15 is 0 Å². The molecular formula is C26H29ClFN5O3. The monoisotopic (exact) mass is 513 g/mol. The van der Waals surface area contributed by atoms with Crippen molar-refractivity contribution in [2.24, 2.45) is 0 Å². The fraction of sp³-hybridized carbons (Fsp3) is 0.308. The van der Waals surface area contributed by atoms with Crippen LogP contribution in [0.2, 0.25) is 5.02 Å². The molecule has 36 heavy (non-hydrogen) atoms. The van der Waals surface area contributed by atoms with Gasteiger partial charge in [0.25, 0.3) is 5.56 Å². The summed E-state index contributed by atoms with van der Waals surface area (Å²) in [5.41, 5.74) is 2.41. The molecule has 0 aliphatic heterocycles. The Morgan fingerprint density at radius 3 is 2.61 bits per heavy atom. The fourth-order valence-electron chi connectivity index (χ4n) is 3.32. The van der Waals surface area contributed by atoms with Crippen LogP contribution >= 0.6 is 11.6 Å². The number of nitrogens with zero attached hydrogens (tertiary/aromatic N) is 3. The molecular weight excluding hydrogens is 485 g/mol. The van der Waals surface area contributed by atoms with Crippen LogP contribution in [0.1, 0.15) is 42.1 Å². The maximum Gasteiger partial charge on any atom is 0.277 e. The lowest BCUT2D eigenvalue weighted by Gasteiger charge is -2.22. The molecule has 0 fully saturated rings. The van der Waals surface area contributed by atoms with Gasteiger partial charge >= 0.3 is 0 Å². The Kier molecular flexibility index (Phi) is 8.27. The number of hydrogen-bond acceptors (Lipinski definition) is 7. The predicted octanol–water partition coefficient (Wildman–Crippen LogP) is 4.28. The van der Waals surface area contributed by atoms with E-state index in [-0.39, 0.29) is 29.7 Å². The van der Waals surface area contributed by atoms with Crippen LogP contribution in [-0.4, -0.2) is 38.0 Å². The predicted molar refractivity (Wildman–Crippen MR) is 139 cm³/mol. The lowest BCUT2D eigenvalue weighted by Crippen LogP contribution is -2.39. The van der Waals surface area contributed by atoms with E-state index in [0.717, 1.165) is 6.21 Å². The fourth-order valence-corrected chi connectivity index (χ4v) is 3.51. The standard InChI is InChI=1S/C26H29ClFN5O3/c1-15-6-19(28)21(30-10-15)13-36-23-7-17(3)33(25(35)24(23)27)22-8-20(31-11-16(22)2)18(9-29)12-32-26(4,5)14-34/h6-12,29,32,34H,13-14H2,1-5H3/b18-12+,29-9?. The Morgan fingerprint density at radius 2 is 1.97 bits per heavy atom. The summed E-state index contributed by atoms with van der Waals surface area (Å²) in [5.74, 6) is -0.373. The van der Waals surface area contributed by atoms with Gasteiger partial charge in [0.15, 0.2) is 0 Å². The SMILES string of the molecule is Cc1cnc(COc2cc(C)n(-c3cc(/C(C=N)=C/NC(C)(C)CO)ncc3C)c(=O)c2Cl)c(F)c1. The number of aromatic nitrogens is 3. The molecule has 3 aromatic heterocycles. The van der Waals surface area contributed by atoms with Crippen LogP contribution in [-0.2, 0) is 6.61 Å². The first-order chi connectivity index (χ1) is 17.0. The summed E-state index contributed by atoms with van der Waals surface area (Å²) in [6.45, 7) is 8.62. The molecule has 3 N–H and O–H groups in total. The lowest BCUT2D eigenvalue weighted by atomic mass is 10.1. The summed E-state index contributed by atoms with van der Waals surface area (Å²) in [6, 6.07) is 4.66. The highest BCUT2D eigenvalue weighted by atomic mass is 35.5. The smallest absolute Gasteiger partial charge is 0.277 e. The molecule has 0 unspecified atom stereocenters. The number of hydrogen-bond donors (Lipinski definition) is 3. The summed E-state index contributed by atoms with van der Waals surface area (Å²) < 4.78 is 21.2. The van der Waals surface area contributed by atoms with E-state index in [1.807, 2.05) is 20.8 Å². The summed E-state index contributed by atoms with van der Waals surface area (Å²) >= 11 is 6.38. The average molecular weight is 514 g/mol. The quantitative estimate of drug-likeness (QED) is 0.368. The molecule has 0 atom stereocenters. The van der Waals surface area contributed by atoms with E-state index in [9.17, 15) is 14.3 Å². The van der Waals surface area contributed by atoms with Crippen molar-refractivity contribution in [2.75, 3.05) is 6.61 Å². The average Bonchev–Trinajstić information content (AvgIpc) is 2.83. The number of nitrogens with one attached hydrogen (secondary N) is 2. The zero-order valence-corrected chi connectivity index (χ0v) is 21.6. The summed E-state index contributed by atoms with van der Waals surface area (Å²) in [6.07, 6.45) is 5.88. The zero-order valence-electron chi connectivity index (χ0n) is 20.8. The number of ether oxygens (including phenoxy) is 1. The van der Waals surface area contributed by atoms with Gasteiger partial charge in [-0.15, -0.1) is 0 Å². The highest BCUT2D eigenvalue weighted by molar-refractivity contribution is 6.31. The van der Waals surface area contributed by atoms with Gasteiger partial charge in [-0.25, -0.2) is 4.39 Å². The molecule has 3 aromatic rings. The second-order valence-corrected chi connectivity index (χ2v) is 9.50. The van der Waals surface area contributed by atoms with Crippen LogP contribution in [0.4, 0.5) is 4.39 Å². The lowest BCUT2D eigenvalue weighted by molar-refractivity contribution is 0.202. The van der Waals surface area contributed by atoms with Gasteiger partial charge in [-0.05, 0) is 57.9 Å². The normalized spacial score (nSPS) is 11.9. The molecule has 190 valence electrons. The molecule has 0 amide bonds. The molecule has 0 saturated heterocycles.